The van der Waals surface area contributed by atoms with E-state index in [1.165, 1.54) is 5.56 Å². The third-order valence-electron chi connectivity index (χ3n) is 7.61. The number of halogens is 2. The Hall–Kier alpha value is -1.77. The summed E-state index contributed by atoms with van der Waals surface area (Å²) in [6.07, 6.45) is 7.55. The summed E-state index contributed by atoms with van der Waals surface area (Å²) in [7, 11) is 0. The molecule has 1 aliphatic carbocycles. The van der Waals surface area contributed by atoms with Gasteiger partial charge in [0.25, 0.3) is 0 Å². The van der Waals surface area contributed by atoms with E-state index >= 15 is 0 Å². The minimum atomic E-state index is -0.975. The number of carboxylic acid groups (broad SMARTS) is 1. The number of furan rings is 1. The molecule has 4 aromatic rings. The van der Waals surface area contributed by atoms with Gasteiger partial charge >= 0.3 is 29.6 Å². The smallest absolute Gasteiger partial charge is 0.550 e. The third-order valence-corrected chi connectivity index (χ3v) is 10.0. The first-order valence-electron chi connectivity index (χ1n) is 13.7. The Bertz CT molecular complexity index is 1590. The van der Waals surface area contributed by atoms with Gasteiger partial charge in [-0.1, -0.05) is 66.2 Å². The van der Waals surface area contributed by atoms with Crippen LogP contribution in [-0.2, 0) is 16.8 Å². The summed E-state index contributed by atoms with van der Waals surface area (Å²) in [5, 5.41) is 22.7. The molecule has 1 atom stereocenters. The topological polar surface area (TPSA) is 86.4 Å². The van der Waals surface area contributed by atoms with Crippen LogP contribution in [-0.4, -0.2) is 21.8 Å². The van der Waals surface area contributed by atoms with Crippen molar-refractivity contribution >= 4 is 64.2 Å². The molecule has 0 bridgehead atoms. The van der Waals surface area contributed by atoms with E-state index in [9.17, 15) is 15.0 Å². The molecule has 2 heterocycles. The number of carbonyl (C=O) groups is 1. The van der Waals surface area contributed by atoms with Gasteiger partial charge in [-0.3, -0.25) is 0 Å². The van der Waals surface area contributed by atoms with Crippen molar-refractivity contribution < 1.29 is 49.0 Å². The molecule has 42 heavy (non-hydrogen) atoms. The van der Waals surface area contributed by atoms with Crippen molar-refractivity contribution in [3.05, 3.63) is 98.9 Å². The molecule has 214 valence electrons. The van der Waals surface area contributed by atoms with Gasteiger partial charge in [-0.2, -0.15) is 11.8 Å². The number of aliphatic carboxylic acids is 1. The van der Waals surface area contributed by atoms with E-state index in [1.54, 1.807) is 6.07 Å². The van der Waals surface area contributed by atoms with Crippen LogP contribution in [0.5, 0.6) is 0 Å². The van der Waals surface area contributed by atoms with E-state index in [0.29, 0.717) is 16.1 Å². The number of pyridine rings is 1. The molecule has 0 spiro atoms. The summed E-state index contributed by atoms with van der Waals surface area (Å²) in [5.41, 5.74) is 4.96. The first-order valence-corrected chi connectivity index (χ1v) is 15.5. The Morgan fingerprint density at radius 1 is 1.14 bits per heavy atom. The number of carboxylic acids is 1. The van der Waals surface area contributed by atoms with E-state index in [-0.39, 0.29) is 51.9 Å². The molecule has 1 aliphatic rings. The molecule has 1 saturated carbocycles. The second-order valence-corrected chi connectivity index (χ2v) is 13.3. The van der Waals surface area contributed by atoms with Crippen LogP contribution in [0.4, 0.5) is 0 Å². The standard InChI is InChI=1S/C33H33Cl2NO4S.Na/c1-32(2,39)25-9-4-3-7-22(25)11-15-27(41-20-33(16-17-33)19-28(37)38)23-8-5-6-21(18-23)10-12-24-13-14-26-30(36-24)29(34)31(35)40-26;/h3-10,12-14,18,27,39H,11,15-17,19-20H2,1-2H3,(H,37,38);/q;+1/p-1/b12-10+;. The first-order chi connectivity index (χ1) is 19.5. The van der Waals surface area contributed by atoms with Crippen molar-refractivity contribution in [2.45, 2.75) is 56.8 Å². The summed E-state index contributed by atoms with van der Waals surface area (Å²) in [6, 6.07) is 20.1. The molecule has 5 rings (SSSR count). The zero-order valence-corrected chi connectivity index (χ0v) is 28.4. The fourth-order valence-corrected chi connectivity index (χ4v) is 7.09. The third kappa shape index (κ3) is 8.23. The van der Waals surface area contributed by atoms with E-state index in [0.717, 1.165) is 53.8 Å². The van der Waals surface area contributed by atoms with Gasteiger partial charge in [0, 0.05) is 11.2 Å². The van der Waals surface area contributed by atoms with Gasteiger partial charge < -0.3 is 19.4 Å². The summed E-state index contributed by atoms with van der Waals surface area (Å²) in [6.45, 7) is 3.62. The minimum Gasteiger partial charge on any atom is -0.550 e. The number of fused-ring (bicyclic) bond motifs is 1. The van der Waals surface area contributed by atoms with E-state index in [1.807, 2.05) is 74.2 Å². The minimum absolute atomic E-state index is 0. The van der Waals surface area contributed by atoms with E-state index in [4.69, 9.17) is 27.6 Å². The Kier molecular flexibility index (Phi) is 11.0. The van der Waals surface area contributed by atoms with Crippen molar-refractivity contribution in [2.24, 2.45) is 5.41 Å². The zero-order chi connectivity index (χ0) is 29.2. The molecule has 0 radical (unpaired) electrons. The Morgan fingerprint density at radius 3 is 2.62 bits per heavy atom. The van der Waals surface area contributed by atoms with Crippen LogP contribution in [0.15, 0.2) is 65.1 Å². The van der Waals surface area contributed by atoms with Crippen molar-refractivity contribution in [1.29, 1.82) is 0 Å². The molecule has 2 aromatic carbocycles. The maximum absolute atomic E-state index is 11.4. The van der Waals surface area contributed by atoms with E-state index in [2.05, 4.69) is 23.2 Å². The molecule has 2 aromatic heterocycles. The molecule has 1 unspecified atom stereocenters. The Morgan fingerprint density at radius 2 is 1.90 bits per heavy atom. The van der Waals surface area contributed by atoms with Crippen LogP contribution >= 0.6 is 35.0 Å². The number of carbonyl (C=O) groups excluding carboxylic acids is 1. The van der Waals surface area contributed by atoms with Gasteiger partial charge in [0.2, 0.25) is 5.22 Å². The number of thioether (sulfide) groups is 1. The van der Waals surface area contributed by atoms with Crippen molar-refractivity contribution in [1.82, 2.24) is 4.98 Å². The van der Waals surface area contributed by atoms with Crippen LogP contribution < -0.4 is 34.7 Å². The molecule has 5 nitrogen and oxygen atoms in total. The van der Waals surface area contributed by atoms with Crippen LogP contribution in [0.2, 0.25) is 10.2 Å². The summed E-state index contributed by atoms with van der Waals surface area (Å²) in [4.78, 5) is 15.9. The average Bonchev–Trinajstić information content (AvgIpc) is 3.63. The fourth-order valence-electron chi connectivity index (χ4n) is 5.17. The number of aryl methyl sites for hydroxylation is 1. The van der Waals surface area contributed by atoms with Crippen LogP contribution in [0, 0.1) is 5.41 Å². The quantitative estimate of drug-likeness (QED) is 0.225. The maximum Gasteiger partial charge on any atom is 1.00 e. The Labute approximate surface area is 283 Å². The molecule has 1 fully saturated rings. The fraction of sp³-hybridized carbons (Fsp3) is 0.333. The summed E-state index contributed by atoms with van der Waals surface area (Å²) in [5.74, 6) is -0.201. The molecular weight excluding hydrogens is 600 g/mol. The monoisotopic (exact) mass is 631 g/mol. The van der Waals surface area contributed by atoms with Crippen molar-refractivity contribution in [3.8, 4) is 0 Å². The molecule has 0 amide bonds. The largest absolute Gasteiger partial charge is 1.00 e. The van der Waals surface area contributed by atoms with Gasteiger partial charge in [0.1, 0.15) is 10.5 Å². The Balaban J connectivity index is 0.00000405. The predicted octanol–water partition coefficient (Wildman–Crippen LogP) is 4.86. The van der Waals surface area contributed by atoms with Gasteiger partial charge in [-0.25, -0.2) is 4.98 Å². The van der Waals surface area contributed by atoms with Gasteiger partial charge in [0.15, 0.2) is 5.58 Å². The number of hydrogen-bond donors (Lipinski definition) is 1. The van der Waals surface area contributed by atoms with Gasteiger partial charge in [0.05, 0.1) is 11.3 Å². The van der Waals surface area contributed by atoms with Crippen LogP contribution in [0.25, 0.3) is 23.3 Å². The zero-order valence-electron chi connectivity index (χ0n) is 24.0. The molecular formula is C33H32Cl2NNaO4S. The number of hydrogen-bond acceptors (Lipinski definition) is 6. The number of nitrogens with zero attached hydrogens (tertiary/aromatic N) is 1. The van der Waals surface area contributed by atoms with Crippen molar-refractivity contribution in [2.75, 3.05) is 5.75 Å². The average molecular weight is 633 g/mol. The maximum atomic E-state index is 11.4. The van der Waals surface area contributed by atoms with Crippen molar-refractivity contribution in [3.63, 3.8) is 0 Å². The number of aliphatic hydroxyl groups is 1. The number of aromatic nitrogens is 1. The van der Waals surface area contributed by atoms with Gasteiger partial charge in [-0.15, -0.1) is 0 Å². The first kappa shape index (κ1) is 33.1. The number of rotatable bonds is 12. The van der Waals surface area contributed by atoms with Gasteiger partial charge in [-0.05, 0) is 109 Å². The molecule has 1 N–H and O–H groups in total. The SMILES string of the molecule is CC(C)(O)c1ccccc1CCC(SCC1(CC(=O)[O-])CC1)c1cccc(/C=C/c2ccc3oc(Cl)c(Cl)c3n2)c1.[Na+]. The molecule has 9 heteroatoms. The van der Waals surface area contributed by atoms with Crippen LogP contribution in [0.1, 0.15) is 72.7 Å². The second kappa shape index (κ2) is 13.9. The van der Waals surface area contributed by atoms with Crippen LogP contribution in [0.3, 0.4) is 0 Å². The molecule has 0 aliphatic heterocycles. The number of benzene rings is 2. The molecule has 0 saturated heterocycles. The summed E-state index contributed by atoms with van der Waals surface area (Å²) >= 11 is 14.0. The normalized spacial score (nSPS) is 15.1. The summed E-state index contributed by atoms with van der Waals surface area (Å²) < 4.78 is 5.41. The second-order valence-electron chi connectivity index (χ2n) is 11.4. The predicted molar refractivity (Wildman–Crippen MR) is 166 cm³/mol. The van der Waals surface area contributed by atoms with E-state index < -0.39 is 11.6 Å².